The Morgan fingerprint density at radius 2 is 1.58 bits per heavy atom. The van der Waals surface area contributed by atoms with Crippen LogP contribution in [0.2, 0.25) is 0 Å². The number of aromatic hydroxyl groups is 1. The van der Waals surface area contributed by atoms with E-state index in [1.807, 2.05) is 46.8 Å². The summed E-state index contributed by atoms with van der Waals surface area (Å²) in [7, 11) is 1.59. The summed E-state index contributed by atoms with van der Waals surface area (Å²) in [5.74, 6) is -1.01. The number of rotatable bonds is 4. The van der Waals surface area contributed by atoms with Gasteiger partial charge in [0.25, 0.3) is 11.7 Å². The molecular formula is C30H31NO5. The number of aliphatic hydroxyl groups is 1. The molecule has 1 aliphatic heterocycles. The van der Waals surface area contributed by atoms with Crippen LogP contribution in [0.4, 0.5) is 5.69 Å². The number of Topliss-reactive ketones (excluding diaryl/α,β-unsaturated/α-hetero) is 1. The Morgan fingerprint density at radius 1 is 0.917 bits per heavy atom. The molecule has 1 fully saturated rings. The van der Waals surface area contributed by atoms with E-state index in [1.54, 1.807) is 43.5 Å². The molecule has 0 saturated carbocycles. The van der Waals surface area contributed by atoms with E-state index in [4.69, 9.17) is 4.74 Å². The van der Waals surface area contributed by atoms with Crippen LogP contribution in [0.5, 0.6) is 11.5 Å². The molecule has 1 saturated heterocycles. The molecule has 3 aromatic rings. The lowest BCUT2D eigenvalue weighted by Crippen LogP contribution is -2.29. The molecule has 3 aromatic carbocycles. The molecule has 6 nitrogen and oxygen atoms in total. The maximum atomic E-state index is 13.4. The summed E-state index contributed by atoms with van der Waals surface area (Å²) < 4.78 is 5.52. The first kappa shape index (κ1) is 25.0. The summed E-state index contributed by atoms with van der Waals surface area (Å²) >= 11 is 0. The molecule has 0 aliphatic carbocycles. The Labute approximate surface area is 211 Å². The maximum Gasteiger partial charge on any atom is 0.300 e. The summed E-state index contributed by atoms with van der Waals surface area (Å²) in [5.41, 5.74) is 4.17. The van der Waals surface area contributed by atoms with E-state index in [0.717, 1.165) is 16.7 Å². The number of phenolic OH excluding ortho intramolecular Hbond substituents is 1. The number of aryl methyl sites for hydroxylation is 2. The molecule has 36 heavy (non-hydrogen) atoms. The zero-order valence-corrected chi connectivity index (χ0v) is 21.4. The zero-order chi connectivity index (χ0) is 26.4. The Hall–Kier alpha value is -4.06. The molecule has 1 heterocycles. The molecule has 6 heteroatoms. The van der Waals surface area contributed by atoms with Gasteiger partial charge in [0.05, 0.1) is 18.7 Å². The number of hydrogen-bond acceptors (Lipinski definition) is 5. The van der Waals surface area contributed by atoms with E-state index in [2.05, 4.69) is 0 Å². The predicted molar refractivity (Wildman–Crippen MR) is 140 cm³/mol. The third kappa shape index (κ3) is 4.35. The van der Waals surface area contributed by atoms with Crippen molar-refractivity contribution < 1.29 is 24.5 Å². The number of aliphatic hydroxyl groups excluding tert-OH is 1. The average molecular weight is 486 g/mol. The number of anilines is 1. The van der Waals surface area contributed by atoms with E-state index >= 15 is 0 Å². The topological polar surface area (TPSA) is 87.1 Å². The molecule has 0 spiro atoms. The highest BCUT2D eigenvalue weighted by atomic mass is 16.5. The summed E-state index contributed by atoms with van der Waals surface area (Å²) in [6.07, 6.45) is 0. The van der Waals surface area contributed by atoms with Gasteiger partial charge in [-0.2, -0.15) is 0 Å². The summed E-state index contributed by atoms with van der Waals surface area (Å²) in [6, 6.07) is 16.2. The molecule has 1 atom stereocenters. The zero-order valence-electron chi connectivity index (χ0n) is 21.4. The van der Waals surface area contributed by atoms with E-state index in [-0.39, 0.29) is 22.5 Å². The number of hydrogen-bond donors (Lipinski definition) is 2. The largest absolute Gasteiger partial charge is 0.508 e. The highest BCUT2D eigenvalue weighted by molar-refractivity contribution is 6.51. The van der Waals surface area contributed by atoms with Gasteiger partial charge in [0.15, 0.2) is 0 Å². The number of nitrogens with zero attached hydrogens (tertiary/aromatic N) is 1. The van der Waals surface area contributed by atoms with Crippen molar-refractivity contribution in [3.05, 3.63) is 94.1 Å². The number of methoxy groups -OCH3 is 1. The number of ether oxygens (including phenoxy) is 1. The minimum absolute atomic E-state index is 0.00561. The van der Waals surface area contributed by atoms with Gasteiger partial charge in [-0.3, -0.25) is 14.5 Å². The fraction of sp³-hybridized carbons (Fsp3) is 0.267. The Balaban J connectivity index is 1.96. The number of amides is 1. The van der Waals surface area contributed by atoms with Crippen LogP contribution < -0.4 is 9.64 Å². The highest BCUT2D eigenvalue weighted by Crippen LogP contribution is 2.43. The first-order chi connectivity index (χ1) is 16.9. The third-order valence-electron chi connectivity index (χ3n) is 6.70. The van der Waals surface area contributed by atoms with E-state index in [9.17, 15) is 19.8 Å². The number of phenols is 1. The fourth-order valence-electron chi connectivity index (χ4n) is 4.54. The first-order valence-corrected chi connectivity index (χ1v) is 11.8. The van der Waals surface area contributed by atoms with Crippen molar-refractivity contribution in [1.82, 2.24) is 0 Å². The summed E-state index contributed by atoms with van der Waals surface area (Å²) in [6.45, 7) is 10.0. The second-order valence-electron chi connectivity index (χ2n) is 10.2. The van der Waals surface area contributed by atoms with Crippen molar-refractivity contribution >= 4 is 23.1 Å². The summed E-state index contributed by atoms with van der Waals surface area (Å²) in [5, 5.41) is 21.3. The lowest BCUT2D eigenvalue weighted by Gasteiger charge is -2.26. The molecule has 1 amide bonds. The van der Waals surface area contributed by atoms with Gasteiger partial charge in [-0.15, -0.1) is 0 Å². The fourth-order valence-corrected chi connectivity index (χ4v) is 4.54. The first-order valence-electron chi connectivity index (χ1n) is 11.8. The van der Waals surface area contributed by atoms with Crippen LogP contribution in [0.3, 0.4) is 0 Å². The monoisotopic (exact) mass is 485 g/mol. The van der Waals surface area contributed by atoms with Gasteiger partial charge in [0.2, 0.25) is 0 Å². The smallest absolute Gasteiger partial charge is 0.300 e. The molecule has 186 valence electrons. The van der Waals surface area contributed by atoms with Crippen LogP contribution in [-0.2, 0) is 15.0 Å². The van der Waals surface area contributed by atoms with Gasteiger partial charge in [0.1, 0.15) is 17.3 Å². The van der Waals surface area contributed by atoms with Gasteiger partial charge in [-0.25, -0.2) is 0 Å². The molecule has 0 radical (unpaired) electrons. The van der Waals surface area contributed by atoms with E-state index in [0.29, 0.717) is 22.6 Å². The van der Waals surface area contributed by atoms with E-state index in [1.165, 1.54) is 17.0 Å². The van der Waals surface area contributed by atoms with Crippen molar-refractivity contribution in [3.8, 4) is 11.5 Å². The normalized spacial score (nSPS) is 17.5. The van der Waals surface area contributed by atoms with Crippen molar-refractivity contribution in [2.75, 3.05) is 12.0 Å². The van der Waals surface area contributed by atoms with Crippen molar-refractivity contribution in [1.29, 1.82) is 0 Å². The number of carbonyl (C=O) groups excluding carboxylic acids is 2. The van der Waals surface area contributed by atoms with Crippen LogP contribution in [-0.4, -0.2) is 29.0 Å². The van der Waals surface area contributed by atoms with Gasteiger partial charge in [-0.1, -0.05) is 39.0 Å². The quantitative estimate of drug-likeness (QED) is 0.271. The molecule has 0 aromatic heterocycles. The van der Waals surface area contributed by atoms with Crippen molar-refractivity contribution in [2.45, 2.75) is 46.1 Å². The molecule has 1 aliphatic rings. The Morgan fingerprint density at radius 3 is 2.17 bits per heavy atom. The lowest BCUT2D eigenvalue weighted by atomic mass is 9.84. The minimum Gasteiger partial charge on any atom is -0.508 e. The van der Waals surface area contributed by atoms with Gasteiger partial charge in [0, 0.05) is 16.8 Å². The number of ketones is 1. The van der Waals surface area contributed by atoms with Crippen molar-refractivity contribution in [2.24, 2.45) is 0 Å². The number of benzene rings is 3. The van der Waals surface area contributed by atoms with Crippen LogP contribution in [0.1, 0.15) is 54.6 Å². The number of carbonyl (C=O) groups is 2. The Bertz CT molecular complexity index is 1380. The molecular weight excluding hydrogens is 454 g/mol. The second-order valence-corrected chi connectivity index (χ2v) is 10.2. The minimum atomic E-state index is -0.868. The summed E-state index contributed by atoms with van der Waals surface area (Å²) in [4.78, 5) is 28.2. The van der Waals surface area contributed by atoms with Crippen LogP contribution >= 0.6 is 0 Å². The highest BCUT2D eigenvalue weighted by Gasteiger charge is 2.47. The lowest BCUT2D eigenvalue weighted by molar-refractivity contribution is -0.132. The predicted octanol–water partition coefficient (Wildman–Crippen LogP) is 5.94. The molecule has 2 N–H and O–H groups in total. The van der Waals surface area contributed by atoms with Crippen molar-refractivity contribution in [3.63, 3.8) is 0 Å². The SMILES string of the molecule is COc1ccc(/C(O)=C2/C(=O)C(=O)N(c3ccc(C)c(C)c3)C2c2ccc(O)cc2)cc1C(C)(C)C. The van der Waals surface area contributed by atoms with Crippen LogP contribution in [0.15, 0.2) is 66.2 Å². The maximum absolute atomic E-state index is 13.4. The average Bonchev–Trinajstić information content (AvgIpc) is 3.10. The third-order valence-corrected chi connectivity index (χ3v) is 6.70. The van der Waals surface area contributed by atoms with Gasteiger partial charge >= 0.3 is 0 Å². The molecule has 1 unspecified atom stereocenters. The molecule has 4 rings (SSSR count). The van der Waals surface area contributed by atoms with Crippen LogP contribution in [0.25, 0.3) is 5.76 Å². The molecule has 0 bridgehead atoms. The standard InChI is InChI=1S/C30H31NO5/c1-17-7-11-21(15-18(17)2)31-26(19-8-12-22(32)13-9-19)25(28(34)29(31)35)27(33)20-10-14-24(36-6)23(16-20)30(3,4)5/h7-16,26,32-33H,1-6H3/b27-25-. The van der Waals surface area contributed by atoms with Crippen LogP contribution in [0, 0.1) is 13.8 Å². The van der Waals surface area contributed by atoms with Gasteiger partial charge < -0.3 is 14.9 Å². The van der Waals surface area contributed by atoms with Gasteiger partial charge in [-0.05, 0) is 78.4 Å². The second kappa shape index (κ2) is 9.19. The Kier molecular flexibility index (Phi) is 6.39. The van der Waals surface area contributed by atoms with E-state index < -0.39 is 17.7 Å².